The van der Waals surface area contributed by atoms with E-state index in [1.54, 1.807) is 18.2 Å². The average molecular weight is 311 g/mol. The Kier molecular flexibility index (Phi) is 4.29. The normalized spacial score (nSPS) is 19.1. The Morgan fingerprint density at radius 2 is 2.00 bits per heavy atom. The fraction of sp³-hybridized carbons (Fsp3) is 0.385. The number of rotatable bonds is 4. The quantitative estimate of drug-likeness (QED) is 0.788. The number of amidine groups is 1. The van der Waals surface area contributed by atoms with Crippen LogP contribution in [0.2, 0.25) is 0 Å². The third-order valence-corrected chi connectivity index (χ3v) is 4.43. The van der Waals surface area contributed by atoms with E-state index in [0.717, 1.165) is 0 Å². The number of aliphatic imine (C=N–C) groups is 1. The molecule has 1 atom stereocenters. The molecular formula is C13H17N3O4S. The Morgan fingerprint density at radius 3 is 2.62 bits per heavy atom. The monoisotopic (exact) mass is 311 g/mol. The van der Waals surface area contributed by atoms with Crippen molar-refractivity contribution < 1.29 is 18.0 Å². The smallest absolute Gasteiger partial charge is 0.268 e. The molecule has 0 spiro atoms. The molecule has 21 heavy (non-hydrogen) atoms. The van der Waals surface area contributed by atoms with E-state index in [1.165, 1.54) is 13.2 Å². The minimum absolute atomic E-state index is 0.120. The van der Waals surface area contributed by atoms with Gasteiger partial charge in [-0.05, 0) is 18.1 Å². The fourth-order valence-electron chi connectivity index (χ4n) is 2.04. The van der Waals surface area contributed by atoms with Crippen LogP contribution < -0.4 is 10.2 Å². The van der Waals surface area contributed by atoms with Crippen LogP contribution >= 0.6 is 0 Å². The molecule has 1 aliphatic heterocycles. The Hall–Kier alpha value is -1.93. The number of hydroxylamine groups is 1. The summed E-state index contributed by atoms with van der Waals surface area (Å²) < 4.78 is 26.4. The summed E-state index contributed by atoms with van der Waals surface area (Å²) in [4.78, 5) is 21.0. The molecule has 0 fully saturated rings. The lowest BCUT2D eigenvalue weighted by Crippen LogP contribution is -2.38. The second-order valence-corrected chi connectivity index (χ2v) is 6.59. The Morgan fingerprint density at radius 1 is 1.33 bits per heavy atom. The van der Waals surface area contributed by atoms with Crippen LogP contribution in [0, 0.1) is 5.92 Å². The summed E-state index contributed by atoms with van der Waals surface area (Å²) in [6.07, 6.45) is 0. The van der Waals surface area contributed by atoms with Gasteiger partial charge in [0.25, 0.3) is 15.9 Å². The van der Waals surface area contributed by atoms with Gasteiger partial charge in [0.05, 0.1) is 12.0 Å². The van der Waals surface area contributed by atoms with Crippen LogP contribution in [0.25, 0.3) is 0 Å². The highest BCUT2D eigenvalue weighted by Crippen LogP contribution is 2.23. The van der Waals surface area contributed by atoms with Gasteiger partial charge in [0.15, 0.2) is 0 Å². The number of hydrogen-bond acceptors (Lipinski definition) is 5. The first-order valence-corrected chi connectivity index (χ1v) is 7.88. The van der Waals surface area contributed by atoms with E-state index in [0.29, 0.717) is 5.56 Å². The van der Waals surface area contributed by atoms with Crippen molar-refractivity contribution in [1.82, 2.24) is 10.2 Å². The van der Waals surface area contributed by atoms with Crippen LogP contribution in [0.3, 0.4) is 0 Å². The van der Waals surface area contributed by atoms with Crippen molar-refractivity contribution in [1.29, 1.82) is 0 Å². The zero-order valence-corrected chi connectivity index (χ0v) is 12.8. The summed E-state index contributed by atoms with van der Waals surface area (Å²) in [6, 6.07) is 5.75. The van der Waals surface area contributed by atoms with Crippen molar-refractivity contribution in [3.8, 4) is 0 Å². The number of carbonyl (C=O) groups excluding carboxylic acids is 1. The Balaban J connectivity index is 2.44. The average Bonchev–Trinajstić information content (AvgIpc) is 2.68. The summed E-state index contributed by atoms with van der Waals surface area (Å²) in [5.41, 5.74) is 2.69. The summed E-state index contributed by atoms with van der Waals surface area (Å²) in [6.45, 7) is 3.64. The maximum absolute atomic E-state index is 12.0. The molecule has 1 aromatic rings. The van der Waals surface area contributed by atoms with Crippen LogP contribution in [0.5, 0.6) is 0 Å². The standard InChI is InChI=1S/C13H17N3O4S/c1-8(2)11(13(17)15-20-3)14-12-9-6-4-5-7-10(9)21(18,19)16-12/h4-8,11H,1-3H3,(H,14,16)(H,15,17). The molecule has 114 valence electrons. The van der Waals surface area contributed by atoms with E-state index in [2.05, 4.69) is 20.0 Å². The van der Waals surface area contributed by atoms with Gasteiger partial charge in [-0.15, -0.1) is 0 Å². The van der Waals surface area contributed by atoms with Gasteiger partial charge in [0.2, 0.25) is 0 Å². The molecule has 1 aliphatic rings. The van der Waals surface area contributed by atoms with Gasteiger partial charge in [0, 0.05) is 5.56 Å². The molecule has 0 aromatic heterocycles. The minimum Gasteiger partial charge on any atom is -0.277 e. The highest BCUT2D eigenvalue weighted by Gasteiger charge is 2.32. The largest absolute Gasteiger partial charge is 0.277 e. The fourth-order valence-corrected chi connectivity index (χ4v) is 3.28. The molecular weight excluding hydrogens is 294 g/mol. The van der Waals surface area contributed by atoms with E-state index in [-0.39, 0.29) is 16.6 Å². The molecule has 8 heteroatoms. The first-order chi connectivity index (χ1) is 9.86. The van der Waals surface area contributed by atoms with Gasteiger partial charge in [-0.25, -0.2) is 13.9 Å². The highest BCUT2D eigenvalue weighted by atomic mass is 32.2. The molecule has 2 N–H and O–H groups in total. The zero-order valence-electron chi connectivity index (χ0n) is 12.0. The van der Waals surface area contributed by atoms with Gasteiger partial charge < -0.3 is 0 Å². The van der Waals surface area contributed by atoms with E-state index >= 15 is 0 Å². The van der Waals surface area contributed by atoms with E-state index < -0.39 is 22.0 Å². The molecule has 1 amide bonds. The summed E-state index contributed by atoms with van der Waals surface area (Å²) in [5, 5.41) is 0. The van der Waals surface area contributed by atoms with Crippen LogP contribution in [0.1, 0.15) is 19.4 Å². The predicted octanol–water partition coefficient (Wildman–Crippen LogP) is 0.427. The lowest BCUT2D eigenvalue weighted by atomic mass is 10.0. The molecule has 0 aliphatic carbocycles. The number of nitrogens with one attached hydrogen (secondary N) is 2. The summed E-state index contributed by atoms with van der Waals surface area (Å²) in [7, 11) is -2.28. The van der Waals surface area contributed by atoms with Gasteiger partial charge in [-0.1, -0.05) is 26.0 Å². The summed E-state index contributed by atoms with van der Waals surface area (Å²) in [5.74, 6) is -0.371. The predicted molar refractivity (Wildman–Crippen MR) is 77.1 cm³/mol. The number of benzene rings is 1. The van der Waals surface area contributed by atoms with Crippen molar-refractivity contribution in [2.75, 3.05) is 7.11 Å². The number of sulfonamides is 1. The van der Waals surface area contributed by atoms with Gasteiger partial charge >= 0.3 is 0 Å². The number of amides is 1. The van der Waals surface area contributed by atoms with Crippen LogP contribution in [0.15, 0.2) is 34.2 Å². The number of nitrogens with zero attached hydrogens (tertiary/aromatic N) is 1. The number of hydrogen-bond donors (Lipinski definition) is 2. The molecule has 0 saturated heterocycles. The van der Waals surface area contributed by atoms with Crippen molar-refractivity contribution in [2.24, 2.45) is 10.9 Å². The lowest BCUT2D eigenvalue weighted by Gasteiger charge is -2.16. The van der Waals surface area contributed by atoms with Crippen LogP contribution in [0.4, 0.5) is 0 Å². The van der Waals surface area contributed by atoms with Crippen LogP contribution in [-0.2, 0) is 19.7 Å². The molecule has 1 unspecified atom stereocenters. The molecule has 1 aromatic carbocycles. The second-order valence-electron chi connectivity index (χ2n) is 4.94. The molecule has 0 saturated carbocycles. The molecule has 1 heterocycles. The maximum Gasteiger partial charge on any atom is 0.268 e. The van der Waals surface area contributed by atoms with Crippen LogP contribution in [-0.4, -0.2) is 33.3 Å². The topological polar surface area (TPSA) is 96.9 Å². The Labute approximate surface area is 123 Å². The van der Waals surface area contributed by atoms with Crippen molar-refractivity contribution >= 4 is 21.8 Å². The van der Waals surface area contributed by atoms with Crippen molar-refractivity contribution in [3.63, 3.8) is 0 Å². The van der Waals surface area contributed by atoms with Gasteiger partial charge in [-0.3, -0.25) is 19.3 Å². The first kappa shape index (κ1) is 15.5. The molecule has 7 nitrogen and oxygen atoms in total. The third-order valence-electron chi connectivity index (χ3n) is 3.03. The zero-order chi connectivity index (χ0) is 15.6. The second kappa shape index (κ2) is 5.82. The van der Waals surface area contributed by atoms with Crippen molar-refractivity contribution in [3.05, 3.63) is 29.8 Å². The van der Waals surface area contributed by atoms with E-state index in [1.807, 2.05) is 13.8 Å². The lowest BCUT2D eigenvalue weighted by molar-refractivity contribution is -0.133. The first-order valence-electron chi connectivity index (χ1n) is 6.39. The van der Waals surface area contributed by atoms with Crippen molar-refractivity contribution in [2.45, 2.75) is 24.8 Å². The number of fused-ring (bicyclic) bond motifs is 1. The van der Waals surface area contributed by atoms with Gasteiger partial charge in [0.1, 0.15) is 11.9 Å². The third kappa shape index (κ3) is 3.06. The highest BCUT2D eigenvalue weighted by molar-refractivity contribution is 7.90. The van der Waals surface area contributed by atoms with E-state index in [4.69, 9.17) is 0 Å². The molecule has 2 rings (SSSR count). The molecule has 0 bridgehead atoms. The Bertz CT molecular complexity index is 682. The van der Waals surface area contributed by atoms with Gasteiger partial charge in [-0.2, -0.15) is 0 Å². The minimum atomic E-state index is -3.61. The number of carbonyl (C=O) groups is 1. The summed E-state index contributed by atoms with van der Waals surface area (Å²) >= 11 is 0. The van der Waals surface area contributed by atoms with E-state index in [9.17, 15) is 13.2 Å². The SMILES string of the molecule is CONC(=O)C(N=C1NS(=O)(=O)c2ccccc21)C(C)C. The maximum atomic E-state index is 12.0. The molecule has 0 radical (unpaired) electrons.